The average molecular weight is 235 g/mol. The van der Waals surface area contributed by atoms with Gasteiger partial charge in [-0.2, -0.15) is 0 Å². The van der Waals surface area contributed by atoms with Crippen molar-refractivity contribution in [2.45, 2.75) is 0 Å². The van der Waals surface area contributed by atoms with E-state index in [0.29, 0.717) is 6.54 Å². The van der Waals surface area contributed by atoms with Crippen molar-refractivity contribution in [3.63, 3.8) is 0 Å². The number of nitrogens with two attached hydrogens (primary N) is 1. The molecular weight excluding hydrogens is 214 g/mol. The van der Waals surface area contributed by atoms with E-state index >= 15 is 0 Å². The van der Waals surface area contributed by atoms with E-state index in [0.717, 1.165) is 31.9 Å². The molecule has 3 N–H and O–H groups in total. The van der Waals surface area contributed by atoms with Crippen molar-refractivity contribution in [3.8, 4) is 0 Å². The molecule has 1 heterocycles. The Morgan fingerprint density at radius 2 is 1.94 bits per heavy atom. The topological polar surface area (TPSA) is 41.4 Å². The van der Waals surface area contributed by atoms with Crippen LogP contribution in [0.25, 0.3) is 0 Å². The number of hydrogen-bond acceptors (Lipinski definition) is 1. The van der Waals surface area contributed by atoms with Gasteiger partial charge in [-0.1, -0.05) is 18.2 Å². The number of carbonyl (C=O) groups is 1. The van der Waals surface area contributed by atoms with Crippen molar-refractivity contribution >= 4 is 11.6 Å². The number of carbonyl (C=O) groups excluding carboxylic acids is 1. The second kappa shape index (κ2) is 5.80. The molecule has 2 rings (SSSR count). The Kier molecular flexibility index (Phi) is 4.12. The van der Waals surface area contributed by atoms with Gasteiger partial charge in [0, 0.05) is 12.7 Å². The summed E-state index contributed by atoms with van der Waals surface area (Å²) < 4.78 is 0. The first-order chi connectivity index (χ1) is 8.27. The second-order valence-corrected chi connectivity index (χ2v) is 4.58. The number of anilines is 1. The molecule has 0 radical (unpaired) electrons. The van der Waals surface area contributed by atoms with Crippen molar-refractivity contribution in [2.24, 2.45) is 0 Å². The minimum atomic E-state index is 0.202. The molecule has 0 spiro atoms. The SMILES string of the molecule is CN(C(=O)C[NH+]1CC[NH2+]CC1)c1ccccc1. The molecule has 0 atom stereocenters. The zero-order valence-corrected chi connectivity index (χ0v) is 10.4. The molecule has 1 aromatic carbocycles. The highest BCUT2D eigenvalue weighted by atomic mass is 16.2. The quantitative estimate of drug-likeness (QED) is 0.632. The van der Waals surface area contributed by atoms with E-state index in [2.05, 4.69) is 5.32 Å². The molecule has 17 heavy (non-hydrogen) atoms. The van der Waals surface area contributed by atoms with E-state index in [9.17, 15) is 4.79 Å². The predicted molar refractivity (Wildman–Crippen MR) is 67.1 cm³/mol. The summed E-state index contributed by atoms with van der Waals surface area (Å²) in [5.74, 6) is 0.202. The Bertz CT molecular complexity index is 360. The summed E-state index contributed by atoms with van der Waals surface area (Å²) in [5, 5.41) is 2.31. The highest BCUT2D eigenvalue weighted by Gasteiger charge is 2.21. The number of piperazine rings is 1. The zero-order valence-electron chi connectivity index (χ0n) is 10.4. The first kappa shape index (κ1) is 12.1. The van der Waals surface area contributed by atoms with Crippen LogP contribution >= 0.6 is 0 Å². The normalized spacial score (nSPS) is 16.8. The summed E-state index contributed by atoms with van der Waals surface area (Å²) in [4.78, 5) is 15.3. The maximum Gasteiger partial charge on any atom is 0.281 e. The molecular formula is C13H21N3O+2. The van der Waals surface area contributed by atoms with E-state index in [-0.39, 0.29) is 5.91 Å². The molecule has 0 bridgehead atoms. The van der Waals surface area contributed by atoms with Crippen LogP contribution in [0.4, 0.5) is 5.69 Å². The number of hydrogen-bond donors (Lipinski definition) is 2. The van der Waals surface area contributed by atoms with E-state index in [1.807, 2.05) is 37.4 Å². The Morgan fingerprint density at radius 1 is 1.29 bits per heavy atom. The van der Waals surface area contributed by atoms with Crippen LogP contribution in [0.1, 0.15) is 0 Å². The van der Waals surface area contributed by atoms with Crippen molar-refractivity contribution in [1.29, 1.82) is 0 Å². The van der Waals surface area contributed by atoms with Crippen molar-refractivity contribution in [2.75, 3.05) is 44.7 Å². The third kappa shape index (κ3) is 3.28. The fourth-order valence-corrected chi connectivity index (χ4v) is 2.19. The number of benzene rings is 1. The summed E-state index contributed by atoms with van der Waals surface area (Å²) >= 11 is 0. The van der Waals surface area contributed by atoms with Crippen LogP contribution in [-0.2, 0) is 4.79 Å². The third-order valence-corrected chi connectivity index (χ3v) is 3.32. The molecule has 0 saturated carbocycles. The van der Waals surface area contributed by atoms with Gasteiger partial charge in [0.05, 0.1) is 0 Å². The van der Waals surface area contributed by atoms with Crippen LogP contribution in [0.2, 0.25) is 0 Å². The van der Waals surface area contributed by atoms with Gasteiger partial charge in [-0.25, -0.2) is 0 Å². The van der Waals surface area contributed by atoms with Crippen LogP contribution in [0.5, 0.6) is 0 Å². The van der Waals surface area contributed by atoms with E-state index in [1.165, 1.54) is 4.90 Å². The Labute approximate surface area is 102 Å². The van der Waals surface area contributed by atoms with Gasteiger partial charge in [0.1, 0.15) is 26.2 Å². The van der Waals surface area contributed by atoms with Crippen LogP contribution in [0.3, 0.4) is 0 Å². The lowest BCUT2D eigenvalue weighted by molar-refractivity contribution is -0.940. The molecule has 1 fully saturated rings. The largest absolute Gasteiger partial charge is 0.337 e. The van der Waals surface area contributed by atoms with Crippen molar-refractivity contribution in [1.82, 2.24) is 0 Å². The number of nitrogens with zero attached hydrogens (tertiary/aromatic N) is 1. The maximum absolute atomic E-state index is 12.1. The number of rotatable bonds is 3. The van der Waals surface area contributed by atoms with E-state index in [1.54, 1.807) is 4.90 Å². The van der Waals surface area contributed by atoms with Crippen LogP contribution < -0.4 is 15.1 Å². The van der Waals surface area contributed by atoms with Crippen molar-refractivity contribution < 1.29 is 15.0 Å². The van der Waals surface area contributed by atoms with E-state index in [4.69, 9.17) is 0 Å². The summed E-state index contributed by atoms with van der Waals surface area (Å²) in [6.07, 6.45) is 0. The highest BCUT2D eigenvalue weighted by molar-refractivity contribution is 5.93. The summed E-state index contributed by atoms with van der Waals surface area (Å²) in [5.41, 5.74) is 0.973. The van der Waals surface area contributed by atoms with E-state index < -0.39 is 0 Å². The molecule has 1 amide bonds. The molecule has 92 valence electrons. The maximum atomic E-state index is 12.1. The van der Waals surface area contributed by atoms with Gasteiger partial charge in [0.2, 0.25) is 0 Å². The Morgan fingerprint density at radius 3 is 2.59 bits per heavy atom. The van der Waals surface area contributed by atoms with Gasteiger partial charge in [0.25, 0.3) is 5.91 Å². The number of likely N-dealkylation sites (N-methyl/N-ethyl adjacent to an activating group) is 1. The van der Waals surface area contributed by atoms with Gasteiger partial charge in [-0.15, -0.1) is 0 Å². The lowest BCUT2D eigenvalue weighted by atomic mass is 10.3. The smallest absolute Gasteiger partial charge is 0.281 e. The first-order valence-electron chi connectivity index (χ1n) is 6.24. The average Bonchev–Trinajstić information content (AvgIpc) is 2.40. The van der Waals surface area contributed by atoms with Gasteiger partial charge < -0.3 is 15.1 Å². The standard InChI is InChI=1S/C13H19N3O/c1-15(12-5-3-2-4-6-12)13(17)11-16-9-7-14-8-10-16/h2-6,14H,7-11H2,1H3/p+2. The van der Waals surface area contributed by atoms with Gasteiger partial charge in [-0.3, -0.25) is 4.79 Å². The minimum absolute atomic E-state index is 0.202. The number of para-hydroxylation sites is 1. The Balaban J connectivity index is 1.91. The lowest BCUT2D eigenvalue weighted by Crippen LogP contribution is -3.21. The molecule has 1 saturated heterocycles. The van der Waals surface area contributed by atoms with Gasteiger partial charge in [-0.05, 0) is 12.1 Å². The molecule has 0 aliphatic carbocycles. The zero-order chi connectivity index (χ0) is 12.1. The summed E-state index contributed by atoms with van der Waals surface area (Å²) in [7, 11) is 1.85. The molecule has 0 unspecified atom stereocenters. The first-order valence-corrected chi connectivity index (χ1v) is 6.24. The van der Waals surface area contributed by atoms with Gasteiger partial charge >= 0.3 is 0 Å². The lowest BCUT2D eigenvalue weighted by Gasteiger charge is -2.24. The fraction of sp³-hybridized carbons (Fsp3) is 0.462. The number of nitrogens with one attached hydrogen (secondary N) is 1. The summed E-state index contributed by atoms with van der Waals surface area (Å²) in [6.45, 7) is 5.07. The number of quaternary nitrogens is 2. The molecule has 1 aromatic rings. The number of amides is 1. The third-order valence-electron chi connectivity index (χ3n) is 3.32. The highest BCUT2D eigenvalue weighted by Crippen LogP contribution is 2.10. The van der Waals surface area contributed by atoms with Gasteiger partial charge in [0.15, 0.2) is 6.54 Å². The van der Waals surface area contributed by atoms with Crippen LogP contribution in [0.15, 0.2) is 30.3 Å². The predicted octanol–water partition coefficient (Wildman–Crippen LogP) is -1.89. The Hall–Kier alpha value is -1.39. The monoisotopic (exact) mass is 235 g/mol. The summed E-state index contributed by atoms with van der Waals surface area (Å²) in [6, 6.07) is 9.83. The molecule has 1 aliphatic heterocycles. The molecule has 4 nitrogen and oxygen atoms in total. The second-order valence-electron chi connectivity index (χ2n) is 4.58. The molecule has 4 heteroatoms. The minimum Gasteiger partial charge on any atom is -0.337 e. The fourth-order valence-electron chi connectivity index (χ4n) is 2.19. The van der Waals surface area contributed by atoms with Crippen molar-refractivity contribution in [3.05, 3.63) is 30.3 Å². The molecule has 1 aliphatic rings. The van der Waals surface area contributed by atoms with Crippen LogP contribution in [0, 0.1) is 0 Å². The van der Waals surface area contributed by atoms with Crippen LogP contribution in [-0.4, -0.2) is 45.7 Å². The molecule has 0 aromatic heterocycles.